The van der Waals surface area contributed by atoms with Crippen LogP contribution in [0.2, 0.25) is 0 Å². The summed E-state index contributed by atoms with van der Waals surface area (Å²) in [6, 6.07) is 15.3. The van der Waals surface area contributed by atoms with Gasteiger partial charge in [0.15, 0.2) is 4.34 Å². The van der Waals surface area contributed by atoms with E-state index in [2.05, 4.69) is 22.4 Å². The number of rotatable bonds is 8. The zero-order valence-electron chi connectivity index (χ0n) is 15.6. The lowest BCUT2D eigenvalue weighted by atomic mass is 10.0. The number of nitrogens with zero attached hydrogens (tertiary/aromatic N) is 3. The Balaban J connectivity index is 1.90. The van der Waals surface area contributed by atoms with E-state index < -0.39 is 4.92 Å². The number of anilines is 1. The number of thioether (sulfide) groups is 1. The van der Waals surface area contributed by atoms with Crippen LogP contribution in [0.1, 0.15) is 24.5 Å². The van der Waals surface area contributed by atoms with Crippen LogP contribution in [0.5, 0.6) is 0 Å². The van der Waals surface area contributed by atoms with Gasteiger partial charge in [-0.15, -0.1) is 10.2 Å². The van der Waals surface area contributed by atoms with Crippen molar-refractivity contribution in [3.8, 4) is 0 Å². The number of hydrogen-bond donors (Lipinski definition) is 1. The van der Waals surface area contributed by atoms with Crippen molar-refractivity contribution >= 4 is 51.5 Å². The molecule has 0 radical (unpaired) electrons. The molecule has 1 aromatic heterocycles. The highest BCUT2D eigenvalue weighted by Gasteiger charge is 2.16. The van der Waals surface area contributed by atoms with Gasteiger partial charge in [0.2, 0.25) is 5.13 Å². The van der Waals surface area contributed by atoms with Crippen molar-refractivity contribution in [3.05, 3.63) is 75.8 Å². The third-order valence-corrected chi connectivity index (χ3v) is 5.96. The van der Waals surface area contributed by atoms with Gasteiger partial charge in [-0.2, -0.15) is 0 Å². The molecule has 0 aliphatic rings. The lowest BCUT2D eigenvalue weighted by Crippen LogP contribution is -2.13. The number of aromatic nitrogens is 2. The van der Waals surface area contributed by atoms with Gasteiger partial charge < -0.3 is 0 Å². The van der Waals surface area contributed by atoms with E-state index in [9.17, 15) is 14.9 Å². The standard InChI is InChI=1S/C20H18N4O3S2/c1-2-11-28-20-23-22-19(29-20)21-18(25)17(15-8-4-3-5-9-15)13-14-7-6-10-16(12-14)24(26)27/h3-10,12-13H,2,11H2,1H3,(H,21,22,25)/b17-13+. The second-order valence-electron chi connectivity index (χ2n) is 5.95. The molecule has 0 unspecified atom stereocenters. The highest BCUT2D eigenvalue weighted by molar-refractivity contribution is 8.01. The van der Waals surface area contributed by atoms with E-state index in [1.807, 2.05) is 30.3 Å². The van der Waals surface area contributed by atoms with E-state index in [0.717, 1.165) is 16.5 Å². The maximum Gasteiger partial charge on any atom is 0.270 e. The van der Waals surface area contributed by atoms with Crippen LogP contribution < -0.4 is 5.32 Å². The molecule has 3 rings (SSSR count). The first-order valence-corrected chi connectivity index (χ1v) is 10.7. The minimum atomic E-state index is -0.462. The van der Waals surface area contributed by atoms with Crippen LogP contribution in [0.4, 0.5) is 10.8 Å². The van der Waals surface area contributed by atoms with Crippen molar-refractivity contribution in [2.24, 2.45) is 0 Å². The highest BCUT2D eigenvalue weighted by atomic mass is 32.2. The zero-order valence-corrected chi connectivity index (χ0v) is 17.2. The van der Waals surface area contributed by atoms with Crippen molar-refractivity contribution in [1.82, 2.24) is 10.2 Å². The largest absolute Gasteiger partial charge is 0.296 e. The van der Waals surface area contributed by atoms with Crippen LogP contribution in [-0.2, 0) is 4.79 Å². The number of carbonyl (C=O) groups is 1. The van der Waals surface area contributed by atoms with Crippen LogP contribution in [0.15, 0.2) is 58.9 Å². The van der Waals surface area contributed by atoms with Gasteiger partial charge in [0.1, 0.15) is 0 Å². The van der Waals surface area contributed by atoms with Gasteiger partial charge in [0.05, 0.1) is 4.92 Å². The van der Waals surface area contributed by atoms with Gasteiger partial charge in [0, 0.05) is 23.5 Å². The maximum absolute atomic E-state index is 13.0. The first-order valence-electron chi connectivity index (χ1n) is 8.86. The van der Waals surface area contributed by atoms with Crippen molar-refractivity contribution in [2.75, 3.05) is 11.1 Å². The Hall–Kier alpha value is -3.04. The van der Waals surface area contributed by atoms with Gasteiger partial charge in [0.25, 0.3) is 11.6 Å². The van der Waals surface area contributed by atoms with Gasteiger partial charge in [-0.1, -0.05) is 72.5 Å². The summed E-state index contributed by atoms with van der Waals surface area (Å²) in [5, 5.41) is 22.4. The number of non-ortho nitro benzene ring substituents is 1. The summed E-state index contributed by atoms with van der Waals surface area (Å²) in [7, 11) is 0. The van der Waals surface area contributed by atoms with Crippen molar-refractivity contribution in [1.29, 1.82) is 0 Å². The summed E-state index contributed by atoms with van der Waals surface area (Å²) in [6.45, 7) is 2.08. The van der Waals surface area contributed by atoms with E-state index in [4.69, 9.17) is 0 Å². The minimum absolute atomic E-state index is 0.0340. The van der Waals surface area contributed by atoms with Crippen LogP contribution >= 0.6 is 23.1 Å². The Labute approximate surface area is 176 Å². The molecule has 0 bridgehead atoms. The Morgan fingerprint density at radius 1 is 1.21 bits per heavy atom. The average molecular weight is 427 g/mol. The lowest BCUT2D eigenvalue weighted by Gasteiger charge is -2.08. The molecule has 0 saturated heterocycles. The molecule has 29 heavy (non-hydrogen) atoms. The van der Waals surface area contributed by atoms with E-state index in [0.29, 0.717) is 21.8 Å². The van der Waals surface area contributed by atoms with Gasteiger partial charge in [-0.25, -0.2) is 0 Å². The molecule has 0 fully saturated rings. The molecule has 0 saturated carbocycles. The van der Waals surface area contributed by atoms with Gasteiger partial charge in [-0.05, 0) is 23.6 Å². The molecular formula is C20H18N4O3S2. The SMILES string of the molecule is CCCSc1nnc(NC(=O)/C(=C/c2cccc([N+](=O)[O-])c2)c2ccccc2)s1. The van der Waals surface area contributed by atoms with E-state index in [-0.39, 0.29) is 11.6 Å². The van der Waals surface area contributed by atoms with Crippen LogP contribution in [-0.4, -0.2) is 26.8 Å². The lowest BCUT2D eigenvalue weighted by molar-refractivity contribution is -0.384. The monoisotopic (exact) mass is 426 g/mol. The first-order chi connectivity index (χ1) is 14.1. The van der Waals surface area contributed by atoms with Crippen LogP contribution in [0.3, 0.4) is 0 Å². The Kier molecular flexibility index (Phi) is 7.09. The molecule has 0 atom stereocenters. The van der Waals surface area contributed by atoms with Crippen molar-refractivity contribution in [2.45, 2.75) is 17.7 Å². The summed E-state index contributed by atoms with van der Waals surface area (Å²) < 4.78 is 0.797. The predicted octanol–water partition coefficient (Wildman–Crippen LogP) is 5.13. The Bertz CT molecular complexity index is 1030. The second-order valence-corrected chi connectivity index (χ2v) is 8.27. The quantitative estimate of drug-likeness (QED) is 0.134. The highest BCUT2D eigenvalue weighted by Crippen LogP contribution is 2.27. The number of nitrogens with one attached hydrogen (secondary N) is 1. The van der Waals surface area contributed by atoms with Crippen molar-refractivity contribution < 1.29 is 9.72 Å². The fourth-order valence-electron chi connectivity index (χ4n) is 2.46. The average Bonchev–Trinajstić information content (AvgIpc) is 3.18. The number of benzene rings is 2. The van der Waals surface area contributed by atoms with E-state index in [1.165, 1.54) is 23.5 Å². The molecule has 1 N–H and O–H groups in total. The minimum Gasteiger partial charge on any atom is -0.296 e. The number of amides is 1. The second kappa shape index (κ2) is 9.94. The van der Waals surface area contributed by atoms with E-state index in [1.54, 1.807) is 30.0 Å². The summed E-state index contributed by atoms with van der Waals surface area (Å²) in [6.07, 6.45) is 2.65. The molecule has 0 aliphatic heterocycles. The number of hydrogen-bond acceptors (Lipinski definition) is 7. The number of nitro groups is 1. The third kappa shape index (κ3) is 5.72. The third-order valence-electron chi connectivity index (χ3n) is 3.78. The van der Waals surface area contributed by atoms with Crippen LogP contribution in [0, 0.1) is 10.1 Å². The fourth-order valence-corrected chi connectivity index (χ4v) is 4.14. The topological polar surface area (TPSA) is 98.0 Å². The molecule has 0 spiro atoms. The zero-order chi connectivity index (χ0) is 20.6. The predicted molar refractivity (Wildman–Crippen MR) is 117 cm³/mol. The first kappa shape index (κ1) is 20.7. The van der Waals surface area contributed by atoms with Crippen molar-refractivity contribution in [3.63, 3.8) is 0 Å². The normalized spacial score (nSPS) is 11.3. The summed E-state index contributed by atoms with van der Waals surface area (Å²) in [5.41, 5.74) is 1.60. The Morgan fingerprint density at radius 2 is 2.00 bits per heavy atom. The molecule has 2 aromatic carbocycles. The Morgan fingerprint density at radius 3 is 2.72 bits per heavy atom. The molecular weight excluding hydrogens is 408 g/mol. The number of nitro benzene ring substituents is 1. The van der Waals surface area contributed by atoms with E-state index >= 15 is 0 Å². The molecule has 1 amide bonds. The smallest absolute Gasteiger partial charge is 0.270 e. The van der Waals surface area contributed by atoms with Crippen LogP contribution in [0.25, 0.3) is 11.6 Å². The molecule has 3 aromatic rings. The van der Waals surface area contributed by atoms with Gasteiger partial charge in [-0.3, -0.25) is 20.2 Å². The molecule has 9 heteroatoms. The molecule has 7 nitrogen and oxygen atoms in total. The summed E-state index contributed by atoms with van der Waals surface area (Å²) >= 11 is 2.91. The molecule has 148 valence electrons. The molecule has 1 heterocycles. The fraction of sp³-hybridized carbons (Fsp3) is 0.150. The number of carbonyl (C=O) groups excluding carboxylic acids is 1. The van der Waals surface area contributed by atoms with Gasteiger partial charge >= 0.3 is 0 Å². The summed E-state index contributed by atoms with van der Waals surface area (Å²) in [5.74, 6) is 0.579. The maximum atomic E-state index is 13.0. The molecule has 0 aliphatic carbocycles. The summed E-state index contributed by atoms with van der Waals surface area (Å²) in [4.78, 5) is 23.6.